The van der Waals surface area contributed by atoms with Crippen LogP contribution in [0.3, 0.4) is 0 Å². The van der Waals surface area contributed by atoms with Gasteiger partial charge < -0.3 is 15.4 Å². The third-order valence-corrected chi connectivity index (χ3v) is 4.28. The molecule has 5 nitrogen and oxygen atoms in total. The summed E-state index contributed by atoms with van der Waals surface area (Å²) in [6, 6.07) is 3.51. The number of nitrogens with zero attached hydrogens (tertiary/aromatic N) is 1. The number of urea groups is 1. The Morgan fingerprint density at radius 3 is 2.73 bits per heavy atom. The molecule has 0 aliphatic rings. The molecule has 2 rings (SSSR count). The molecular weight excluding hydrogens is 305 g/mol. The summed E-state index contributed by atoms with van der Waals surface area (Å²) in [6.45, 7) is 5.64. The number of nitrogens with one attached hydrogen (secondary N) is 2. The molecule has 0 aliphatic heterocycles. The molecule has 0 spiro atoms. The Bertz CT molecular complexity index is 685. The van der Waals surface area contributed by atoms with E-state index in [9.17, 15) is 9.18 Å². The first-order valence-corrected chi connectivity index (χ1v) is 7.55. The average molecular weight is 323 g/mol. The Labute approximate surface area is 132 Å². The second-order valence-corrected chi connectivity index (χ2v) is 6.20. The number of hydrogen-bond acceptors (Lipinski definition) is 4. The van der Waals surface area contributed by atoms with Crippen molar-refractivity contribution in [2.45, 2.75) is 26.3 Å². The lowest BCUT2D eigenvalue weighted by Crippen LogP contribution is -2.43. The van der Waals surface area contributed by atoms with Crippen molar-refractivity contribution in [3.05, 3.63) is 40.1 Å². The van der Waals surface area contributed by atoms with Crippen LogP contribution >= 0.6 is 11.3 Å². The molecule has 2 amide bonds. The van der Waals surface area contributed by atoms with E-state index in [0.717, 1.165) is 10.7 Å². The van der Waals surface area contributed by atoms with Crippen LogP contribution < -0.4 is 15.4 Å². The molecule has 2 N–H and O–H groups in total. The summed E-state index contributed by atoms with van der Waals surface area (Å²) in [5.74, 6) is -0.167. The lowest BCUT2D eigenvalue weighted by Gasteiger charge is -2.24. The third kappa shape index (κ3) is 3.73. The molecule has 7 heteroatoms. The van der Waals surface area contributed by atoms with Crippen molar-refractivity contribution >= 4 is 23.1 Å². The van der Waals surface area contributed by atoms with E-state index in [4.69, 9.17) is 4.74 Å². The fraction of sp³-hybridized carbons (Fsp3) is 0.333. The van der Waals surface area contributed by atoms with Gasteiger partial charge >= 0.3 is 6.03 Å². The highest BCUT2D eigenvalue weighted by molar-refractivity contribution is 7.09. The predicted molar refractivity (Wildman–Crippen MR) is 85.0 cm³/mol. The number of amides is 2. The van der Waals surface area contributed by atoms with Crippen LogP contribution in [0.5, 0.6) is 5.75 Å². The Morgan fingerprint density at radius 1 is 1.41 bits per heavy atom. The minimum absolute atomic E-state index is 0.262. The lowest BCUT2D eigenvalue weighted by molar-refractivity contribution is 0.241. The van der Waals surface area contributed by atoms with Crippen molar-refractivity contribution in [3.63, 3.8) is 0 Å². The summed E-state index contributed by atoms with van der Waals surface area (Å²) in [5.41, 5.74) is 0.694. The number of methoxy groups -OCH3 is 1. The van der Waals surface area contributed by atoms with Gasteiger partial charge in [-0.1, -0.05) is 0 Å². The molecule has 2 aromatic rings. The largest absolute Gasteiger partial charge is 0.494 e. The van der Waals surface area contributed by atoms with Crippen molar-refractivity contribution in [2.24, 2.45) is 0 Å². The third-order valence-electron chi connectivity index (χ3n) is 2.99. The number of halogens is 1. The number of ether oxygens (including phenoxy) is 1. The molecule has 0 unspecified atom stereocenters. The monoisotopic (exact) mass is 323 g/mol. The van der Waals surface area contributed by atoms with E-state index in [1.54, 1.807) is 0 Å². The maximum atomic E-state index is 13.2. The summed E-state index contributed by atoms with van der Waals surface area (Å²) < 4.78 is 18.2. The van der Waals surface area contributed by atoms with Gasteiger partial charge in [0.15, 0.2) is 0 Å². The number of anilines is 1. The topological polar surface area (TPSA) is 63.2 Å². The highest BCUT2D eigenvalue weighted by Crippen LogP contribution is 2.26. The van der Waals surface area contributed by atoms with E-state index in [1.807, 2.05) is 26.2 Å². The molecule has 0 saturated heterocycles. The molecule has 1 aromatic heterocycles. The number of aryl methyl sites for hydroxylation is 1. The molecule has 0 aliphatic carbocycles. The van der Waals surface area contributed by atoms with Crippen LogP contribution in [0.2, 0.25) is 0 Å². The molecular formula is C15H18FN3O2S. The maximum Gasteiger partial charge on any atom is 0.320 e. The zero-order chi connectivity index (χ0) is 16.3. The first kappa shape index (κ1) is 16.2. The summed E-state index contributed by atoms with van der Waals surface area (Å²) in [7, 11) is 1.42. The van der Waals surface area contributed by atoms with Crippen molar-refractivity contribution in [1.29, 1.82) is 0 Å². The molecule has 0 bridgehead atoms. The fourth-order valence-electron chi connectivity index (χ4n) is 1.90. The van der Waals surface area contributed by atoms with Gasteiger partial charge in [-0.2, -0.15) is 0 Å². The van der Waals surface area contributed by atoms with E-state index in [1.165, 1.54) is 36.6 Å². The quantitative estimate of drug-likeness (QED) is 0.902. The number of hydrogen-bond donors (Lipinski definition) is 2. The Kier molecular flexibility index (Phi) is 4.65. The lowest BCUT2D eigenvalue weighted by atomic mass is 10.1. The van der Waals surface area contributed by atoms with Gasteiger partial charge in [0, 0.05) is 17.1 Å². The van der Waals surface area contributed by atoms with Crippen molar-refractivity contribution in [2.75, 3.05) is 12.4 Å². The minimum Gasteiger partial charge on any atom is -0.494 e. The average Bonchev–Trinajstić information content (AvgIpc) is 2.87. The molecule has 0 fully saturated rings. The highest BCUT2D eigenvalue weighted by Gasteiger charge is 2.26. The maximum absolute atomic E-state index is 13.2. The van der Waals surface area contributed by atoms with Crippen LogP contribution in [0.15, 0.2) is 23.6 Å². The standard InChI is InChI=1S/C15H18FN3O2S/c1-9-8-22-13(17-9)15(2,3)19-14(20)18-11-6-5-10(16)7-12(11)21-4/h5-8H,1-4H3,(H2,18,19,20). The van der Waals surface area contributed by atoms with Crippen LogP contribution in [0, 0.1) is 12.7 Å². The fourth-order valence-corrected chi connectivity index (χ4v) is 2.78. The van der Waals surface area contributed by atoms with Gasteiger partial charge in [-0.25, -0.2) is 14.2 Å². The highest BCUT2D eigenvalue weighted by atomic mass is 32.1. The molecule has 1 heterocycles. The minimum atomic E-state index is -0.615. The van der Waals surface area contributed by atoms with Gasteiger partial charge in [0.1, 0.15) is 16.6 Å². The van der Waals surface area contributed by atoms with Crippen LogP contribution in [-0.4, -0.2) is 18.1 Å². The smallest absolute Gasteiger partial charge is 0.320 e. The van der Waals surface area contributed by atoms with Crippen LogP contribution in [0.25, 0.3) is 0 Å². The molecule has 0 atom stereocenters. The Morgan fingerprint density at radius 2 is 2.14 bits per heavy atom. The second-order valence-electron chi connectivity index (χ2n) is 5.34. The van der Waals surface area contributed by atoms with Gasteiger partial charge in [-0.15, -0.1) is 11.3 Å². The zero-order valence-corrected chi connectivity index (χ0v) is 13.7. The summed E-state index contributed by atoms with van der Waals surface area (Å²) in [6.07, 6.45) is 0. The van der Waals surface area contributed by atoms with Gasteiger partial charge in [0.2, 0.25) is 0 Å². The van der Waals surface area contributed by atoms with E-state index in [-0.39, 0.29) is 5.75 Å². The first-order valence-electron chi connectivity index (χ1n) is 6.67. The number of carbonyl (C=O) groups is 1. The van der Waals surface area contributed by atoms with Crippen molar-refractivity contribution < 1.29 is 13.9 Å². The normalized spacial score (nSPS) is 11.1. The molecule has 118 valence electrons. The van der Waals surface area contributed by atoms with E-state index < -0.39 is 17.4 Å². The Balaban J connectivity index is 2.10. The number of aromatic nitrogens is 1. The molecule has 1 aromatic carbocycles. The van der Waals surface area contributed by atoms with Gasteiger partial charge in [0.05, 0.1) is 18.3 Å². The summed E-state index contributed by atoms with van der Waals surface area (Å²) in [5, 5.41) is 8.25. The van der Waals surface area contributed by atoms with Crippen molar-refractivity contribution in [3.8, 4) is 5.75 Å². The number of rotatable bonds is 4. The second kappa shape index (κ2) is 6.31. The number of carbonyl (C=O) groups excluding carboxylic acids is 1. The van der Waals surface area contributed by atoms with E-state index >= 15 is 0 Å². The Hall–Kier alpha value is -2.15. The van der Waals surface area contributed by atoms with E-state index in [0.29, 0.717) is 5.69 Å². The summed E-state index contributed by atoms with van der Waals surface area (Å²) >= 11 is 1.49. The molecule has 0 radical (unpaired) electrons. The van der Waals surface area contributed by atoms with Crippen LogP contribution in [-0.2, 0) is 5.54 Å². The van der Waals surface area contributed by atoms with Gasteiger partial charge in [0.25, 0.3) is 0 Å². The van der Waals surface area contributed by atoms with Crippen LogP contribution in [0.4, 0.5) is 14.9 Å². The zero-order valence-electron chi connectivity index (χ0n) is 12.9. The number of thiazole rings is 1. The van der Waals surface area contributed by atoms with E-state index in [2.05, 4.69) is 15.6 Å². The molecule has 0 saturated carbocycles. The summed E-state index contributed by atoms with van der Waals surface area (Å²) in [4.78, 5) is 16.6. The molecule has 22 heavy (non-hydrogen) atoms. The number of benzene rings is 1. The van der Waals surface area contributed by atoms with Gasteiger partial charge in [-0.3, -0.25) is 0 Å². The van der Waals surface area contributed by atoms with Crippen LogP contribution in [0.1, 0.15) is 24.5 Å². The first-order chi connectivity index (χ1) is 10.3. The SMILES string of the molecule is COc1cc(F)ccc1NC(=O)NC(C)(C)c1nc(C)cs1. The van der Waals surface area contributed by atoms with Gasteiger partial charge in [-0.05, 0) is 32.9 Å². The predicted octanol–water partition coefficient (Wildman–Crippen LogP) is 3.66. The van der Waals surface area contributed by atoms with Crippen molar-refractivity contribution in [1.82, 2.24) is 10.3 Å².